The number of anilines is 1. The number of rotatable bonds is 6. The Bertz CT molecular complexity index is 670. The van der Waals surface area contributed by atoms with E-state index in [1.54, 1.807) is 35.3 Å². The summed E-state index contributed by atoms with van der Waals surface area (Å²) in [5.41, 5.74) is 1.82. The number of carbonyl (C=O) groups is 2. The highest BCUT2D eigenvalue weighted by molar-refractivity contribution is 5.94. The van der Waals surface area contributed by atoms with Gasteiger partial charge in [0.1, 0.15) is 0 Å². The second-order valence-electron chi connectivity index (χ2n) is 4.92. The smallest absolute Gasteiger partial charge is 0.337 e. The van der Waals surface area contributed by atoms with Crippen molar-refractivity contribution in [3.63, 3.8) is 0 Å². The van der Waals surface area contributed by atoms with Crippen molar-refractivity contribution in [2.24, 2.45) is 0 Å². The Morgan fingerprint density at radius 2 is 2.17 bits per heavy atom. The van der Waals surface area contributed by atoms with Crippen molar-refractivity contribution in [2.75, 3.05) is 19.0 Å². The van der Waals surface area contributed by atoms with Gasteiger partial charge in [-0.3, -0.25) is 4.68 Å². The van der Waals surface area contributed by atoms with Gasteiger partial charge in [0.2, 0.25) is 0 Å². The molecule has 0 aliphatic carbocycles. The molecule has 0 spiro atoms. The van der Waals surface area contributed by atoms with Crippen molar-refractivity contribution < 1.29 is 14.3 Å². The van der Waals surface area contributed by atoms with E-state index < -0.39 is 5.97 Å². The highest BCUT2D eigenvalue weighted by atomic mass is 16.5. The lowest BCUT2D eigenvalue weighted by Crippen LogP contribution is -2.30. The third-order valence-electron chi connectivity index (χ3n) is 3.23. The molecule has 0 aliphatic rings. The molecule has 23 heavy (non-hydrogen) atoms. The molecule has 0 atom stereocenters. The summed E-state index contributed by atoms with van der Waals surface area (Å²) in [6, 6.07) is 4.68. The number of methoxy groups -OCH3 is 1. The van der Waals surface area contributed by atoms with Gasteiger partial charge in [-0.25, -0.2) is 9.59 Å². The first-order chi connectivity index (χ1) is 11.1. The summed E-state index contributed by atoms with van der Waals surface area (Å²) in [7, 11) is 1.32. The van der Waals surface area contributed by atoms with Crippen LogP contribution >= 0.6 is 0 Å². The number of hydrogen-bond acceptors (Lipinski definition) is 5. The summed E-state index contributed by atoms with van der Waals surface area (Å²) in [6.07, 6.45) is 4.11. The van der Waals surface area contributed by atoms with Crippen LogP contribution < -0.4 is 10.6 Å². The number of aromatic nitrogens is 3. The second kappa shape index (κ2) is 7.92. The van der Waals surface area contributed by atoms with Gasteiger partial charge in [-0.1, -0.05) is 11.3 Å². The van der Waals surface area contributed by atoms with Gasteiger partial charge in [-0.15, -0.1) is 5.10 Å². The number of aryl methyl sites for hydroxylation is 2. The van der Waals surface area contributed by atoms with Gasteiger partial charge in [0, 0.05) is 25.0 Å². The SMILES string of the molecule is COC(=O)c1ccc(C)c(NC(=O)NCCCn2ccnn2)c1. The predicted octanol–water partition coefficient (Wildman–Crippen LogP) is 1.58. The van der Waals surface area contributed by atoms with Crippen LogP contribution in [-0.2, 0) is 11.3 Å². The molecule has 122 valence electrons. The number of esters is 1. The standard InChI is InChI=1S/C15H19N5O3/c1-11-4-5-12(14(21)23-2)10-13(11)18-15(22)16-6-3-8-20-9-7-17-19-20/h4-5,7,9-10H,3,6,8H2,1-2H3,(H2,16,18,22). The van der Waals surface area contributed by atoms with E-state index in [4.69, 9.17) is 0 Å². The fourth-order valence-electron chi connectivity index (χ4n) is 1.96. The molecule has 2 aromatic rings. The van der Waals surface area contributed by atoms with Crippen LogP contribution in [0.4, 0.5) is 10.5 Å². The fourth-order valence-corrected chi connectivity index (χ4v) is 1.96. The largest absolute Gasteiger partial charge is 0.465 e. The lowest BCUT2D eigenvalue weighted by atomic mass is 10.1. The molecule has 0 saturated heterocycles. The normalized spacial score (nSPS) is 10.2. The van der Waals surface area contributed by atoms with Crippen molar-refractivity contribution in [3.8, 4) is 0 Å². The van der Waals surface area contributed by atoms with Crippen molar-refractivity contribution in [2.45, 2.75) is 19.9 Å². The molecule has 0 aliphatic heterocycles. The van der Waals surface area contributed by atoms with E-state index in [0.29, 0.717) is 24.3 Å². The maximum Gasteiger partial charge on any atom is 0.337 e. The van der Waals surface area contributed by atoms with Crippen molar-refractivity contribution in [1.29, 1.82) is 0 Å². The first-order valence-electron chi connectivity index (χ1n) is 7.18. The average Bonchev–Trinajstić information content (AvgIpc) is 3.06. The Labute approximate surface area is 133 Å². The van der Waals surface area contributed by atoms with Crippen molar-refractivity contribution in [1.82, 2.24) is 20.3 Å². The molecule has 2 N–H and O–H groups in total. The number of ether oxygens (including phenoxy) is 1. The molecular formula is C15H19N5O3. The Kier molecular flexibility index (Phi) is 5.67. The number of nitrogens with one attached hydrogen (secondary N) is 2. The summed E-state index contributed by atoms with van der Waals surface area (Å²) in [5.74, 6) is -0.443. The molecule has 0 saturated carbocycles. The van der Waals surface area contributed by atoms with Gasteiger partial charge in [0.05, 0.1) is 18.9 Å². The second-order valence-corrected chi connectivity index (χ2v) is 4.92. The van der Waals surface area contributed by atoms with Crippen molar-refractivity contribution >= 4 is 17.7 Å². The number of carbonyl (C=O) groups excluding carboxylic acids is 2. The van der Waals surface area contributed by atoms with Crippen LogP contribution in [0.5, 0.6) is 0 Å². The van der Waals surface area contributed by atoms with Gasteiger partial charge in [-0.05, 0) is 31.0 Å². The lowest BCUT2D eigenvalue weighted by molar-refractivity contribution is 0.0600. The molecule has 0 fully saturated rings. The first-order valence-corrected chi connectivity index (χ1v) is 7.18. The van der Waals surface area contributed by atoms with E-state index in [-0.39, 0.29) is 6.03 Å². The Balaban J connectivity index is 1.83. The minimum absolute atomic E-state index is 0.325. The predicted molar refractivity (Wildman–Crippen MR) is 84.2 cm³/mol. The van der Waals surface area contributed by atoms with Crippen molar-refractivity contribution in [3.05, 3.63) is 41.7 Å². The minimum Gasteiger partial charge on any atom is -0.465 e. The Morgan fingerprint density at radius 3 is 2.87 bits per heavy atom. The lowest BCUT2D eigenvalue weighted by Gasteiger charge is -2.11. The molecule has 8 heteroatoms. The van der Waals surface area contributed by atoms with Crippen LogP contribution in [0.15, 0.2) is 30.6 Å². The molecule has 1 aromatic carbocycles. The van der Waals surface area contributed by atoms with Crippen LogP contribution in [-0.4, -0.2) is 40.6 Å². The van der Waals surface area contributed by atoms with Gasteiger partial charge in [-0.2, -0.15) is 0 Å². The molecule has 2 amide bonds. The number of hydrogen-bond donors (Lipinski definition) is 2. The van der Waals surface area contributed by atoms with E-state index in [0.717, 1.165) is 12.0 Å². The highest BCUT2D eigenvalue weighted by Crippen LogP contribution is 2.17. The van der Waals surface area contributed by atoms with Crippen LogP contribution in [0.3, 0.4) is 0 Å². The van der Waals surface area contributed by atoms with E-state index >= 15 is 0 Å². The number of benzene rings is 1. The van der Waals surface area contributed by atoms with E-state index in [1.165, 1.54) is 7.11 Å². The van der Waals surface area contributed by atoms with Crippen LogP contribution in [0.25, 0.3) is 0 Å². The van der Waals surface area contributed by atoms with E-state index in [9.17, 15) is 9.59 Å². The maximum atomic E-state index is 11.9. The Hall–Kier alpha value is -2.90. The van der Waals surface area contributed by atoms with Gasteiger partial charge >= 0.3 is 12.0 Å². The summed E-state index contributed by atoms with van der Waals surface area (Å²) in [4.78, 5) is 23.4. The molecule has 2 rings (SSSR count). The third-order valence-corrected chi connectivity index (χ3v) is 3.23. The molecule has 0 bridgehead atoms. The third kappa shape index (κ3) is 4.80. The molecule has 0 unspecified atom stereocenters. The summed E-state index contributed by atoms with van der Waals surface area (Å²) in [6.45, 7) is 3.03. The quantitative estimate of drug-likeness (QED) is 0.622. The first kappa shape index (κ1) is 16.5. The summed E-state index contributed by atoms with van der Waals surface area (Å²) >= 11 is 0. The monoisotopic (exact) mass is 317 g/mol. The molecule has 1 heterocycles. The average molecular weight is 317 g/mol. The van der Waals surface area contributed by atoms with Crippen LogP contribution in [0.1, 0.15) is 22.3 Å². The van der Waals surface area contributed by atoms with Crippen LogP contribution in [0.2, 0.25) is 0 Å². The van der Waals surface area contributed by atoms with E-state index in [2.05, 4.69) is 25.7 Å². The zero-order valence-electron chi connectivity index (χ0n) is 13.1. The zero-order valence-corrected chi connectivity index (χ0v) is 13.1. The number of amides is 2. The Morgan fingerprint density at radius 1 is 1.35 bits per heavy atom. The molecule has 8 nitrogen and oxygen atoms in total. The molecule has 1 aromatic heterocycles. The van der Waals surface area contributed by atoms with Crippen LogP contribution in [0, 0.1) is 6.92 Å². The minimum atomic E-state index is -0.443. The highest BCUT2D eigenvalue weighted by Gasteiger charge is 2.10. The summed E-state index contributed by atoms with van der Waals surface area (Å²) in [5, 5.41) is 13.0. The number of nitrogens with zero attached hydrogens (tertiary/aromatic N) is 3. The summed E-state index contributed by atoms with van der Waals surface area (Å²) < 4.78 is 6.37. The maximum absolute atomic E-state index is 11.9. The van der Waals surface area contributed by atoms with Gasteiger partial charge in [0.25, 0.3) is 0 Å². The van der Waals surface area contributed by atoms with Gasteiger partial charge < -0.3 is 15.4 Å². The molecule has 0 radical (unpaired) electrons. The van der Waals surface area contributed by atoms with E-state index in [1.807, 2.05) is 6.92 Å². The fraction of sp³-hybridized carbons (Fsp3) is 0.333. The molecular weight excluding hydrogens is 298 g/mol. The zero-order chi connectivity index (χ0) is 16.7. The van der Waals surface area contributed by atoms with Gasteiger partial charge in [0.15, 0.2) is 0 Å². The number of urea groups is 1. The topological polar surface area (TPSA) is 98.1 Å².